The van der Waals surface area contributed by atoms with E-state index in [-0.39, 0.29) is 6.61 Å². The monoisotopic (exact) mass is 195 g/mol. The zero-order chi connectivity index (χ0) is 9.68. The Morgan fingerprint density at radius 2 is 2.38 bits per heavy atom. The third kappa shape index (κ3) is 2.36. The maximum Gasteiger partial charge on any atom is 0.126 e. The Labute approximate surface area is 81.7 Å². The molecule has 0 heterocycles. The van der Waals surface area contributed by atoms with Crippen molar-refractivity contribution in [2.75, 3.05) is 7.11 Å². The van der Waals surface area contributed by atoms with Gasteiger partial charge in [-0.3, -0.25) is 0 Å². The molecule has 0 aliphatic carbocycles. The maximum atomic E-state index is 8.92. The number of aliphatic imine (C=N–C) groups is 1. The van der Waals surface area contributed by atoms with Crippen molar-refractivity contribution in [3.8, 4) is 5.75 Å². The molecule has 68 valence electrons. The number of hydrogen-bond acceptors (Lipinski definition) is 4. The third-order valence-electron chi connectivity index (χ3n) is 1.62. The molecule has 1 aromatic carbocycles. The van der Waals surface area contributed by atoms with E-state index in [0.717, 1.165) is 5.56 Å². The van der Waals surface area contributed by atoms with Gasteiger partial charge in [0.1, 0.15) is 5.75 Å². The molecule has 13 heavy (non-hydrogen) atoms. The molecular weight excluding hydrogens is 186 g/mol. The quantitative estimate of drug-likeness (QED) is 0.591. The fraction of sp³-hybridized carbons (Fsp3) is 0.222. The summed E-state index contributed by atoms with van der Waals surface area (Å²) in [6, 6.07) is 5.18. The molecule has 1 N–H and O–H groups in total. The number of aliphatic hydroxyl groups is 1. The number of ether oxygens (including phenoxy) is 1. The largest absolute Gasteiger partial charge is 0.496 e. The zero-order valence-corrected chi connectivity index (χ0v) is 7.97. The molecule has 0 radical (unpaired) electrons. The number of nitrogens with zero attached hydrogens (tertiary/aromatic N) is 1. The number of hydrogen-bond donors (Lipinski definition) is 1. The van der Waals surface area contributed by atoms with E-state index in [4.69, 9.17) is 9.84 Å². The van der Waals surface area contributed by atoms with Gasteiger partial charge in [-0.05, 0) is 18.3 Å². The van der Waals surface area contributed by atoms with Crippen LogP contribution in [-0.4, -0.2) is 17.4 Å². The summed E-state index contributed by atoms with van der Waals surface area (Å²) in [5.74, 6) is 0.606. The van der Waals surface area contributed by atoms with Gasteiger partial charge in [0.05, 0.1) is 24.6 Å². The highest BCUT2D eigenvalue weighted by molar-refractivity contribution is 7.78. The molecule has 0 aliphatic rings. The van der Waals surface area contributed by atoms with Crippen LogP contribution in [0, 0.1) is 0 Å². The molecule has 0 aromatic heterocycles. The Hall–Kier alpha value is -1.22. The second kappa shape index (κ2) is 4.72. The van der Waals surface area contributed by atoms with E-state index in [9.17, 15) is 0 Å². The number of aliphatic hydroxyl groups excluding tert-OH is 1. The van der Waals surface area contributed by atoms with Gasteiger partial charge in [0.25, 0.3) is 0 Å². The van der Waals surface area contributed by atoms with Crippen molar-refractivity contribution >= 4 is 23.1 Å². The van der Waals surface area contributed by atoms with Crippen molar-refractivity contribution in [1.82, 2.24) is 0 Å². The minimum absolute atomic E-state index is 0.0508. The Morgan fingerprint density at radius 1 is 1.62 bits per heavy atom. The van der Waals surface area contributed by atoms with Crippen molar-refractivity contribution in [2.45, 2.75) is 6.61 Å². The molecule has 0 spiro atoms. The third-order valence-corrected chi connectivity index (χ3v) is 1.71. The summed E-state index contributed by atoms with van der Waals surface area (Å²) in [4.78, 5) is 3.79. The second-order valence-corrected chi connectivity index (χ2v) is 2.54. The first-order chi connectivity index (χ1) is 6.31. The van der Waals surface area contributed by atoms with Crippen LogP contribution in [0.5, 0.6) is 5.75 Å². The molecule has 0 atom stereocenters. The summed E-state index contributed by atoms with van der Waals surface area (Å²) < 4.78 is 5.04. The topological polar surface area (TPSA) is 41.8 Å². The van der Waals surface area contributed by atoms with Gasteiger partial charge in [-0.25, -0.2) is 0 Å². The van der Waals surface area contributed by atoms with Crippen molar-refractivity contribution in [2.24, 2.45) is 4.99 Å². The van der Waals surface area contributed by atoms with Gasteiger partial charge in [0, 0.05) is 11.6 Å². The van der Waals surface area contributed by atoms with E-state index < -0.39 is 0 Å². The number of methoxy groups -OCH3 is 1. The molecule has 0 fully saturated rings. The fourth-order valence-electron chi connectivity index (χ4n) is 0.986. The highest BCUT2D eigenvalue weighted by atomic mass is 32.1. The van der Waals surface area contributed by atoms with Crippen LogP contribution in [0.2, 0.25) is 0 Å². The minimum Gasteiger partial charge on any atom is -0.496 e. The van der Waals surface area contributed by atoms with Crippen LogP contribution < -0.4 is 4.74 Å². The standard InChI is InChI=1S/C9H9NO2S/c1-12-9-4-8(10-6-13)3-2-7(9)5-11/h2-4,11H,5H2,1H3. The van der Waals surface area contributed by atoms with Gasteiger partial charge in [-0.15, -0.1) is 0 Å². The molecule has 3 nitrogen and oxygen atoms in total. The Bertz CT molecular complexity index is 345. The van der Waals surface area contributed by atoms with Crippen molar-refractivity contribution < 1.29 is 9.84 Å². The van der Waals surface area contributed by atoms with Crippen LogP contribution in [0.1, 0.15) is 5.56 Å². The van der Waals surface area contributed by atoms with Crippen molar-refractivity contribution in [3.63, 3.8) is 0 Å². The number of rotatable bonds is 3. The molecule has 0 unspecified atom stereocenters. The normalized spacial score (nSPS) is 9.08. The van der Waals surface area contributed by atoms with Crippen LogP contribution in [0.4, 0.5) is 5.69 Å². The lowest BCUT2D eigenvalue weighted by Crippen LogP contribution is -1.90. The summed E-state index contributed by atoms with van der Waals surface area (Å²) in [5.41, 5.74) is 1.40. The summed E-state index contributed by atoms with van der Waals surface area (Å²) >= 11 is 4.47. The Morgan fingerprint density at radius 3 is 2.92 bits per heavy atom. The van der Waals surface area contributed by atoms with Crippen LogP contribution in [0.15, 0.2) is 23.2 Å². The van der Waals surface area contributed by atoms with Crippen LogP contribution >= 0.6 is 12.2 Å². The molecule has 1 aromatic rings. The summed E-state index contributed by atoms with van der Waals surface area (Å²) in [6.45, 7) is -0.0508. The molecule has 0 saturated heterocycles. The average molecular weight is 195 g/mol. The predicted molar refractivity (Wildman–Crippen MR) is 53.6 cm³/mol. The molecule has 0 amide bonds. The Kier molecular flexibility index (Phi) is 3.58. The zero-order valence-electron chi connectivity index (χ0n) is 7.15. The van der Waals surface area contributed by atoms with E-state index in [0.29, 0.717) is 11.4 Å². The molecule has 1 rings (SSSR count). The first-order valence-electron chi connectivity index (χ1n) is 3.67. The number of isothiocyanates is 1. The molecule has 0 aliphatic heterocycles. The van der Waals surface area contributed by atoms with Crippen molar-refractivity contribution in [1.29, 1.82) is 0 Å². The first kappa shape index (κ1) is 9.86. The predicted octanol–water partition coefficient (Wildman–Crippen LogP) is 1.92. The van der Waals surface area contributed by atoms with E-state index in [1.54, 1.807) is 25.3 Å². The van der Waals surface area contributed by atoms with E-state index in [1.807, 2.05) is 0 Å². The van der Waals surface area contributed by atoms with Gasteiger partial charge in [0.15, 0.2) is 0 Å². The summed E-state index contributed by atoms with van der Waals surface area (Å²) in [5, 5.41) is 11.2. The molecular formula is C9H9NO2S. The second-order valence-electron chi connectivity index (χ2n) is 2.36. The van der Waals surface area contributed by atoms with Crippen molar-refractivity contribution in [3.05, 3.63) is 23.8 Å². The van der Waals surface area contributed by atoms with Crippen LogP contribution in [0.25, 0.3) is 0 Å². The number of benzene rings is 1. The van der Waals surface area contributed by atoms with Gasteiger partial charge >= 0.3 is 0 Å². The summed E-state index contributed by atoms with van der Waals surface area (Å²) in [6.07, 6.45) is 0. The highest BCUT2D eigenvalue weighted by Gasteiger charge is 2.01. The molecule has 4 heteroatoms. The highest BCUT2D eigenvalue weighted by Crippen LogP contribution is 2.24. The SMILES string of the molecule is COc1cc(N=C=S)ccc1CO. The van der Waals surface area contributed by atoms with E-state index in [2.05, 4.69) is 22.4 Å². The summed E-state index contributed by atoms with van der Waals surface area (Å²) in [7, 11) is 1.54. The van der Waals surface area contributed by atoms with E-state index in [1.165, 1.54) is 0 Å². The lowest BCUT2D eigenvalue weighted by Gasteiger charge is -2.05. The average Bonchev–Trinajstić information content (AvgIpc) is 2.18. The van der Waals surface area contributed by atoms with Crippen LogP contribution in [-0.2, 0) is 6.61 Å². The van der Waals surface area contributed by atoms with Gasteiger partial charge < -0.3 is 9.84 Å². The fourth-order valence-corrected chi connectivity index (χ4v) is 1.09. The first-order valence-corrected chi connectivity index (χ1v) is 4.08. The lowest BCUT2D eigenvalue weighted by molar-refractivity contribution is 0.274. The molecule has 0 saturated carbocycles. The smallest absolute Gasteiger partial charge is 0.126 e. The minimum atomic E-state index is -0.0508. The van der Waals surface area contributed by atoms with E-state index >= 15 is 0 Å². The van der Waals surface area contributed by atoms with Crippen LogP contribution in [0.3, 0.4) is 0 Å². The van der Waals surface area contributed by atoms with Gasteiger partial charge in [-0.2, -0.15) is 4.99 Å². The Balaban J connectivity index is 3.12. The lowest BCUT2D eigenvalue weighted by atomic mass is 10.2. The maximum absolute atomic E-state index is 8.92. The van der Waals surface area contributed by atoms with Gasteiger partial charge in [0.2, 0.25) is 0 Å². The molecule has 0 bridgehead atoms. The van der Waals surface area contributed by atoms with Gasteiger partial charge in [-0.1, -0.05) is 6.07 Å². The number of thiocarbonyl (C=S) groups is 1.